The molecule has 3 atom stereocenters. The molecule has 2 aromatic heterocycles. The Kier molecular flexibility index (Phi) is 5.59. The largest absolute Gasteiger partial charge is 0.345 e. The van der Waals surface area contributed by atoms with E-state index in [-0.39, 0.29) is 5.92 Å². The van der Waals surface area contributed by atoms with Crippen molar-refractivity contribution in [1.29, 1.82) is 0 Å². The van der Waals surface area contributed by atoms with Gasteiger partial charge in [-0.25, -0.2) is 0 Å². The number of Topliss-reactive ketones (excluding diaryl/α,β-unsaturated/α-hetero) is 1. The van der Waals surface area contributed by atoms with E-state index in [2.05, 4.69) is 64.9 Å². The molecule has 180 valence electrons. The summed E-state index contributed by atoms with van der Waals surface area (Å²) in [5.41, 5.74) is 12.2. The van der Waals surface area contributed by atoms with E-state index in [9.17, 15) is 4.79 Å². The minimum Gasteiger partial charge on any atom is -0.345 e. The van der Waals surface area contributed by atoms with Crippen LogP contribution in [0.3, 0.4) is 0 Å². The number of carbonyl (C=O) groups is 1. The van der Waals surface area contributed by atoms with Crippen LogP contribution in [0.15, 0.2) is 10.6 Å². The Balaban J connectivity index is 1.46. The number of aromatic nitrogens is 2. The van der Waals surface area contributed by atoms with Gasteiger partial charge in [0, 0.05) is 51.9 Å². The number of allylic oxidation sites excluding steroid dienone is 3. The van der Waals surface area contributed by atoms with Crippen LogP contribution in [0.4, 0.5) is 0 Å². The van der Waals surface area contributed by atoms with E-state index < -0.39 is 0 Å². The average Bonchev–Trinajstić information content (AvgIpc) is 3.59. The highest BCUT2D eigenvalue weighted by Crippen LogP contribution is 2.48. The lowest BCUT2D eigenvalue weighted by Crippen LogP contribution is -2.17. The number of halogens is 1. The molecule has 0 N–H and O–H groups in total. The molecule has 0 bridgehead atoms. The fourth-order valence-electron chi connectivity index (χ4n) is 7.85. The molecule has 34 heavy (non-hydrogen) atoms. The van der Waals surface area contributed by atoms with E-state index in [1.54, 1.807) is 0 Å². The molecule has 0 amide bonds. The van der Waals surface area contributed by atoms with E-state index in [0.717, 1.165) is 44.1 Å². The minimum atomic E-state index is -0.118. The van der Waals surface area contributed by atoms with Crippen molar-refractivity contribution in [2.45, 2.75) is 104 Å². The Morgan fingerprint density at radius 1 is 1.00 bits per heavy atom. The van der Waals surface area contributed by atoms with Crippen molar-refractivity contribution in [3.8, 4) is 0 Å². The Hall–Kier alpha value is -1.81. The normalized spacial score (nSPS) is 23.7. The minimum absolute atomic E-state index is 0.118. The molecular formula is C30H37BrN2O. The van der Waals surface area contributed by atoms with Crippen molar-refractivity contribution < 1.29 is 4.79 Å². The van der Waals surface area contributed by atoms with Crippen LogP contribution < -0.4 is 0 Å². The molecule has 2 aromatic rings. The van der Waals surface area contributed by atoms with Gasteiger partial charge in [-0.1, -0.05) is 42.8 Å². The summed E-state index contributed by atoms with van der Waals surface area (Å²) in [7, 11) is 0. The first-order valence-electron chi connectivity index (χ1n) is 13.6. The van der Waals surface area contributed by atoms with Crippen LogP contribution in [0, 0.1) is 5.92 Å². The van der Waals surface area contributed by atoms with Gasteiger partial charge in [-0.3, -0.25) is 4.79 Å². The fraction of sp³-hybridized carbons (Fsp3) is 0.567. The van der Waals surface area contributed by atoms with Gasteiger partial charge in [-0.15, -0.1) is 0 Å². The Labute approximate surface area is 212 Å². The number of hydrogen-bond acceptors (Lipinski definition) is 1. The van der Waals surface area contributed by atoms with Gasteiger partial charge in [0.25, 0.3) is 0 Å². The summed E-state index contributed by atoms with van der Waals surface area (Å²) >= 11 is 3.81. The molecule has 4 aliphatic rings. The zero-order valence-corrected chi connectivity index (χ0v) is 22.7. The molecule has 0 radical (unpaired) electrons. The zero-order valence-electron chi connectivity index (χ0n) is 21.1. The summed E-state index contributed by atoms with van der Waals surface area (Å²) in [5, 5.41) is 0. The van der Waals surface area contributed by atoms with Gasteiger partial charge in [0.1, 0.15) is 0 Å². The first kappa shape index (κ1) is 22.6. The van der Waals surface area contributed by atoms with Crippen molar-refractivity contribution >= 4 is 33.4 Å². The second kappa shape index (κ2) is 8.40. The quantitative estimate of drug-likeness (QED) is 0.357. The summed E-state index contributed by atoms with van der Waals surface area (Å²) in [6.07, 6.45) is 16.0. The molecule has 6 rings (SSSR count). The van der Waals surface area contributed by atoms with Crippen LogP contribution in [0.25, 0.3) is 11.6 Å². The predicted octanol–water partition coefficient (Wildman–Crippen LogP) is 7.79. The standard InChI is InChI=1S/C30H37BrN2O/c1-5-21(28-23(7-3)27-16-18(31)15-20-12-14-25(28)33(20)27)17(4)30(34)29-22(6-2)24-10-8-9-19-11-13-26(29)32(19)24/h5,16-17,19-20H,6-15H2,1-4H3/b21-5-/t17?,19-,20+/m1/s1. The molecule has 4 aliphatic heterocycles. The number of nitrogens with zero attached hydrogens (tertiary/aromatic N) is 2. The lowest BCUT2D eigenvalue weighted by Gasteiger charge is -2.23. The first-order chi connectivity index (χ1) is 16.5. The van der Waals surface area contributed by atoms with E-state index >= 15 is 0 Å². The summed E-state index contributed by atoms with van der Waals surface area (Å²) < 4.78 is 6.52. The molecule has 1 unspecified atom stereocenters. The van der Waals surface area contributed by atoms with E-state index in [1.807, 2.05) is 0 Å². The van der Waals surface area contributed by atoms with Gasteiger partial charge in [0.05, 0.1) is 0 Å². The molecular weight excluding hydrogens is 484 g/mol. The van der Waals surface area contributed by atoms with E-state index in [1.165, 1.54) is 75.2 Å². The maximum atomic E-state index is 14.3. The van der Waals surface area contributed by atoms with Crippen molar-refractivity contribution in [3.05, 3.63) is 55.6 Å². The van der Waals surface area contributed by atoms with Crippen LogP contribution in [-0.2, 0) is 32.1 Å². The maximum absolute atomic E-state index is 14.3. The van der Waals surface area contributed by atoms with Crippen LogP contribution in [0.2, 0.25) is 0 Å². The predicted molar refractivity (Wildman–Crippen MR) is 144 cm³/mol. The second-order valence-electron chi connectivity index (χ2n) is 10.8. The average molecular weight is 522 g/mol. The first-order valence-corrected chi connectivity index (χ1v) is 14.4. The smallest absolute Gasteiger partial charge is 0.172 e. The third-order valence-electron chi connectivity index (χ3n) is 9.22. The maximum Gasteiger partial charge on any atom is 0.172 e. The van der Waals surface area contributed by atoms with Crippen molar-refractivity contribution in [3.63, 3.8) is 0 Å². The highest BCUT2D eigenvalue weighted by atomic mass is 79.9. The molecule has 6 heterocycles. The van der Waals surface area contributed by atoms with Crippen LogP contribution >= 0.6 is 15.9 Å². The zero-order chi connectivity index (χ0) is 23.7. The second-order valence-corrected chi connectivity index (χ2v) is 11.8. The molecule has 0 aliphatic carbocycles. The number of hydrogen-bond donors (Lipinski definition) is 0. The molecule has 4 heteroatoms. The summed E-state index contributed by atoms with van der Waals surface area (Å²) in [6, 6.07) is 1.20. The molecule has 3 nitrogen and oxygen atoms in total. The van der Waals surface area contributed by atoms with Gasteiger partial charge < -0.3 is 9.13 Å². The monoisotopic (exact) mass is 520 g/mol. The van der Waals surface area contributed by atoms with Crippen molar-refractivity contribution in [2.75, 3.05) is 0 Å². The third kappa shape index (κ3) is 3.03. The molecule has 0 fully saturated rings. The SMILES string of the molecule is C/C=C(\c1c(CC)c2n3c1CC[C@H]3CC(Br)=C2)C(C)C(=O)c1c(CC)c2n3c1CC[C@H]3CCC2. The number of rotatable bonds is 6. The lowest BCUT2D eigenvalue weighted by atomic mass is 9.82. The summed E-state index contributed by atoms with van der Waals surface area (Å²) in [6.45, 7) is 8.83. The number of ketones is 1. The highest BCUT2D eigenvalue weighted by Gasteiger charge is 2.39. The van der Waals surface area contributed by atoms with Crippen LogP contribution in [0.5, 0.6) is 0 Å². The Bertz CT molecular complexity index is 1250. The topological polar surface area (TPSA) is 26.9 Å². The lowest BCUT2D eigenvalue weighted by molar-refractivity contribution is 0.0956. The van der Waals surface area contributed by atoms with E-state index in [0.29, 0.717) is 17.9 Å². The third-order valence-corrected chi connectivity index (χ3v) is 9.77. The van der Waals surface area contributed by atoms with Crippen molar-refractivity contribution in [2.24, 2.45) is 5.92 Å². The van der Waals surface area contributed by atoms with Crippen LogP contribution in [0.1, 0.15) is 122 Å². The summed E-state index contributed by atoms with van der Waals surface area (Å²) in [5.74, 6) is 0.236. The van der Waals surface area contributed by atoms with Gasteiger partial charge in [-0.2, -0.15) is 0 Å². The fourth-order valence-corrected chi connectivity index (χ4v) is 8.44. The molecule has 0 aromatic carbocycles. The summed E-state index contributed by atoms with van der Waals surface area (Å²) in [4.78, 5) is 14.3. The van der Waals surface area contributed by atoms with Gasteiger partial charge in [0.2, 0.25) is 0 Å². The Morgan fingerprint density at radius 3 is 2.41 bits per heavy atom. The van der Waals surface area contributed by atoms with E-state index in [4.69, 9.17) is 0 Å². The van der Waals surface area contributed by atoms with Crippen molar-refractivity contribution in [1.82, 2.24) is 9.13 Å². The number of carbonyl (C=O) groups excluding carboxylic acids is 1. The van der Waals surface area contributed by atoms with Crippen LogP contribution in [-0.4, -0.2) is 14.9 Å². The van der Waals surface area contributed by atoms with Gasteiger partial charge in [0.15, 0.2) is 5.78 Å². The molecule has 0 spiro atoms. The molecule has 0 saturated carbocycles. The Morgan fingerprint density at radius 2 is 1.71 bits per heavy atom. The van der Waals surface area contributed by atoms with Gasteiger partial charge >= 0.3 is 0 Å². The van der Waals surface area contributed by atoms with Gasteiger partial charge in [-0.05, 0) is 98.4 Å². The molecule has 0 saturated heterocycles. The highest BCUT2D eigenvalue weighted by molar-refractivity contribution is 9.11.